The first kappa shape index (κ1) is 12.6. The molecule has 1 aromatic rings. The third kappa shape index (κ3) is 2.89. The summed E-state index contributed by atoms with van der Waals surface area (Å²) in [6.45, 7) is 1.05. The topological polar surface area (TPSA) is 68.9 Å². The van der Waals surface area contributed by atoms with E-state index in [1.807, 2.05) is 6.07 Å². The second-order valence-corrected chi connectivity index (χ2v) is 5.62. The van der Waals surface area contributed by atoms with Crippen molar-refractivity contribution in [3.8, 4) is 6.07 Å². The van der Waals surface area contributed by atoms with Crippen molar-refractivity contribution in [3.63, 3.8) is 0 Å². The molecule has 6 heteroatoms. The molecule has 2 rings (SSSR count). The zero-order valence-electron chi connectivity index (χ0n) is 9.32. The molecule has 1 aromatic heterocycles. The van der Waals surface area contributed by atoms with E-state index in [0.717, 1.165) is 19.4 Å². The molecule has 17 heavy (non-hydrogen) atoms. The predicted octanol–water partition coefficient (Wildman–Crippen LogP) is 2.49. The Kier molecular flexibility index (Phi) is 4.21. The molecule has 0 radical (unpaired) electrons. The van der Waals surface area contributed by atoms with Crippen LogP contribution in [0.5, 0.6) is 0 Å². The first-order chi connectivity index (χ1) is 8.24. The molecule has 2 atom stereocenters. The third-order valence-electron chi connectivity index (χ3n) is 3.25. The summed E-state index contributed by atoms with van der Waals surface area (Å²) in [4.78, 5) is 4.52. The molecule has 1 saturated carbocycles. The highest BCUT2D eigenvalue weighted by molar-refractivity contribution is 7.16. The number of aromatic nitrogens is 1. The maximum atomic E-state index is 9.21. The first-order valence-electron chi connectivity index (χ1n) is 5.65. The fraction of sp³-hybridized carbons (Fsp3) is 0.636. The highest BCUT2D eigenvalue weighted by Crippen LogP contribution is 2.32. The molecule has 0 bridgehead atoms. The molecule has 1 fully saturated rings. The van der Waals surface area contributed by atoms with Crippen LogP contribution in [0.2, 0.25) is 5.15 Å². The molecule has 0 aliphatic heterocycles. The van der Waals surface area contributed by atoms with Gasteiger partial charge in [0.05, 0.1) is 0 Å². The molecule has 0 spiro atoms. The van der Waals surface area contributed by atoms with Gasteiger partial charge in [-0.1, -0.05) is 29.4 Å². The van der Waals surface area contributed by atoms with Crippen LogP contribution in [0, 0.1) is 23.2 Å². The monoisotopic (exact) mass is 271 g/mol. The Morgan fingerprint density at radius 3 is 2.94 bits per heavy atom. The van der Waals surface area contributed by atoms with Gasteiger partial charge in [-0.2, -0.15) is 5.26 Å². The SMILES string of the molecule is N#Cc1sc(NCC2CCCC2CO)nc1Cl. The standard InChI is InChI=1S/C11H14ClN3OS/c12-10-9(4-13)17-11(15-10)14-5-7-2-1-3-8(7)6-16/h7-8,16H,1-3,5-6H2,(H,14,15). The van der Waals surface area contributed by atoms with Gasteiger partial charge in [0.1, 0.15) is 10.9 Å². The normalized spacial score (nSPS) is 23.6. The molecule has 1 aliphatic carbocycles. The summed E-state index contributed by atoms with van der Waals surface area (Å²) in [6.07, 6.45) is 3.42. The smallest absolute Gasteiger partial charge is 0.185 e. The molecule has 1 aliphatic rings. The summed E-state index contributed by atoms with van der Waals surface area (Å²) in [5.74, 6) is 0.890. The van der Waals surface area contributed by atoms with E-state index in [2.05, 4.69) is 10.3 Å². The number of hydrogen-bond donors (Lipinski definition) is 2. The Labute approximate surface area is 109 Å². The Bertz CT molecular complexity index is 429. The van der Waals surface area contributed by atoms with E-state index < -0.39 is 0 Å². The lowest BCUT2D eigenvalue weighted by Crippen LogP contribution is -2.20. The minimum absolute atomic E-state index is 0.258. The lowest BCUT2D eigenvalue weighted by molar-refractivity contribution is 0.199. The van der Waals surface area contributed by atoms with Gasteiger partial charge in [0.15, 0.2) is 10.3 Å². The minimum Gasteiger partial charge on any atom is -0.396 e. The molecule has 0 amide bonds. The van der Waals surface area contributed by atoms with Crippen LogP contribution in [0.4, 0.5) is 5.13 Å². The predicted molar refractivity (Wildman–Crippen MR) is 68.2 cm³/mol. The van der Waals surface area contributed by atoms with Crippen LogP contribution in [-0.4, -0.2) is 23.2 Å². The third-order valence-corrected chi connectivity index (χ3v) is 4.56. The van der Waals surface area contributed by atoms with Crippen molar-refractivity contribution in [2.24, 2.45) is 11.8 Å². The molecule has 2 N–H and O–H groups in total. The zero-order valence-corrected chi connectivity index (χ0v) is 10.9. The van der Waals surface area contributed by atoms with Crippen molar-refractivity contribution in [2.45, 2.75) is 19.3 Å². The van der Waals surface area contributed by atoms with Gasteiger partial charge < -0.3 is 10.4 Å². The van der Waals surface area contributed by atoms with Gasteiger partial charge >= 0.3 is 0 Å². The van der Waals surface area contributed by atoms with E-state index in [1.54, 1.807) is 0 Å². The van der Waals surface area contributed by atoms with Gasteiger partial charge in [-0.15, -0.1) is 0 Å². The molecular weight excluding hydrogens is 258 g/mol. The van der Waals surface area contributed by atoms with Gasteiger partial charge in [0.2, 0.25) is 0 Å². The molecule has 0 saturated heterocycles. The van der Waals surface area contributed by atoms with Crippen molar-refractivity contribution in [1.82, 2.24) is 4.98 Å². The van der Waals surface area contributed by atoms with E-state index in [9.17, 15) is 5.11 Å². The van der Waals surface area contributed by atoms with Crippen LogP contribution < -0.4 is 5.32 Å². The maximum absolute atomic E-state index is 9.21. The van der Waals surface area contributed by atoms with Gasteiger partial charge in [-0.05, 0) is 24.7 Å². The summed E-state index contributed by atoms with van der Waals surface area (Å²) in [5.41, 5.74) is 0. The number of nitrogens with one attached hydrogen (secondary N) is 1. The largest absolute Gasteiger partial charge is 0.396 e. The van der Waals surface area contributed by atoms with Crippen LogP contribution in [0.3, 0.4) is 0 Å². The van der Waals surface area contributed by atoms with Crippen LogP contribution in [0.25, 0.3) is 0 Å². The van der Waals surface area contributed by atoms with Crippen molar-refractivity contribution in [3.05, 3.63) is 10.0 Å². The van der Waals surface area contributed by atoms with Gasteiger partial charge in [-0.3, -0.25) is 0 Å². The maximum Gasteiger partial charge on any atom is 0.185 e. The molecule has 1 heterocycles. The summed E-state index contributed by atoms with van der Waals surface area (Å²) in [6, 6.07) is 2.01. The average molecular weight is 272 g/mol. The first-order valence-corrected chi connectivity index (χ1v) is 6.85. The number of thiazole rings is 1. The number of nitriles is 1. The molecular formula is C11H14ClN3OS. The van der Waals surface area contributed by atoms with E-state index in [0.29, 0.717) is 21.8 Å². The number of aliphatic hydroxyl groups is 1. The number of aliphatic hydroxyl groups excluding tert-OH is 1. The molecule has 0 aromatic carbocycles. The quantitative estimate of drug-likeness (QED) is 0.883. The minimum atomic E-state index is 0.258. The van der Waals surface area contributed by atoms with Gasteiger partial charge in [-0.25, -0.2) is 4.98 Å². The fourth-order valence-corrected chi connectivity index (χ4v) is 3.24. The van der Waals surface area contributed by atoms with E-state index in [4.69, 9.17) is 16.9 Å². The fourth-order valence-electron chi connectivity index (χ4n) is 2.29. The Balaban J connectivity index is 1.91. The van der Waals surface area contributed by atoms with Crippen molar-refractivity contribution in [2.75, 3.05) is 18.5 Å². The highest BCUT2D eigenvalue weighted by Gasteiger charge is 2.26. The zero-order chi connectivity index (χ0) is 12.3. The van der Waals surface area contributed by atoms with Crippen LogP contribution in [-0.2, 0) is 0 Å². The number of rotatable bonds is 4. The van der Waals surface area contributed by atoms with Gasteiger partial charge in [0, 0.05) is 13.2 Å². The summed E-state index contributed by atoms with van der Waals surface area (Å²) in [7, 11) is 0. The van der Waals surface area contributed by atoms with Crippen molar-refractivity contribution in [1.29, 1.82) is 5.26 Å². The Hall–Kier alpha value is -0.830. The average Bonchev–Trinajstić information content (AvgIpc) is 2.92. The second kappa shape index (κ2) is 5.67. The lowest BCUT2D eigenvalue weighted by atomic mass is 9.97. The van der Waals surface area contributed by atoms with Crippen LogP contribution in [0.15, 0.2) is 0 Å². The summed E-state index contributed by atoms with van der Waals surface area (Å²) < 4.78 is 0. The van der Waals surface area contributed by atoms with E-state index in [1.165, 1.54) is 17.8 Å². The molecule has 92 valence electrons. The van der Waals surface area contributed by atoms with Crippen molar-refractivity contribution < 1.29 is 5.11 Å². The summed E-state index contributed by atoms with van der Waals surface area (Å²) >= 11 is 7.07. The molecule has 2 unspecified atom stereocenters. The van der Waals surface area contributed by atoms with Gasteiger partial charge in [0.25, 0.3) is 0 Å². The van der Waals surface area contributed by atoms with E-state index >= 15 is 0 Å². The summed E-state index contributed by atoms with van der Waals surface area (Å²) in [5, 5.41) is 22.1. The number of nitrogens with zero attached hydrogens (tertiary/aromatic N) is 2. The van der Waals surface area contributed by atoms with E-state index in [-0.39, 0.29) is 11.8 Å². The lowest BCUT2D eigenvalue weighted by Gasteiger charge is -2.17. The number of hydrogen-bond acceptors (Lipinski definition) is 5. The number of anilines is 1. The van der Waals surface area contributed by atoms with Crippen LogP contribution >= 0.6 is 22.9 Å². The Morgan fingerprint density at radius 2 is 2.29 bits per heavy atom. The Morgan fingerprint density at radius 1 is 1.53 bits per heavy atom. The number of halogens is 1. The second-order valence-electron chi connectivity index (χ2n) is 4.27. The van der Waals surface area contributed by atoms with Crippen molar-refractivity contribution >= 4 is 28.1 Å². The highest BCUT2D eigenvalue weighted by atomic mass is 35.5. The van der Waals surface area contributed by atoms with Crippen LogP contribution in [0.1, 0.15) is 24.1 Å². The molecule has 4 nitrogen and oxygen atoms in total.